The SMILES string of the molecule is O=C(OCc1nc(-c2cccs2)no1)C12C[C@H]3C[C@@H](CC(O)(C3)C1)C2. The standard InChI is InChI=1S/C18H20N2O4S/c21-16(17-5-11-4-12(6-17)8-18(22,7-11)10-17)23-9-14-19-15(20-24-14)13-2-1-3-25-13/h1-3,11-12,22H,4-10H2/t11-,12-,17?,18?/m1/s1. The molecule has 4 bridgehead atoms. The Morgan fingerprint density at radius 3 is 2.84 bits per heavy atom. The molecule has 2 atom stereocenters. The van der Waals surface area contributed by atoms with Gasteiger partial charge >= 0.3 is 5.97 Å². The molecule has 0 amide bonds. The van der Waals surface area contributed by atoms with E-state index in [1.165, 1.54) is 11.3 Å². The fraction of sp³-hybridized carbons (Fsp3) is 0.611. The molecule has 0 unspecified atom stereocenters. The molecular formula is C18H20N2O4S. The molecule has 0 aliphatic heterocycles. The van der Waals surface area contributed by atoms with Gasteiger partial charge in [-0.05, 0) is 61.8 Å². The van der Waals surface area contributed by atoms with Crippen LogP contribution in [0, 0.1) is 17.3 Å². The first-order valence-corrected chi connectivity index (χ1v) is 9.68. The Morgan fingerprint density at radius 2 is 2.16 bits per heavy atom. The third-order valence-corrected chi connectivity index (χ3v) is 6.87. The van der Waals surface area contributed by atoms with E-state index in [1.54, 1.807) is 0 Å². The third kappa shape index (κ3) is 2.60. The molecule has 1 N–H and O–H groups in total. The molecule has 4 aliphatic rings. The van der Waals surface area contributed by atoms with E-state index in [4.69, 9.17) is 9.26 Å². The van der Waals surface area contributed by atoms with Gasteiger partial charge in [-0.25, -0.2) is 0 Å². The lowest BCUT2D eigenvalue weighted by atomic mass is 9.48. The maximum atomic E-state index is 12.8. The van der Waals surface area contributed by atoms with Gasteiger partial charge in [-0.2, -0.15) is 4.98 Å². The lowest BCUT2D eigenvalue weighted by molar-refractivity contribution is -0.197. The number of carbonyl (C=O) groups excluding carboxylic acids is 1. The molecule has 6 nitrogen and oxygen atoms in total. The number of thiophene rings is 1. The van der Waals surface area contributed by atoms with Gasteiger partial charge in [-0.3, -0.25) is 4.79 Å². The van der Waals surface area contributed by atoms with Crippen LogP contribution in [-0.2, 0) is 16.1 Å². The van der Waals surface area contributed by atoms with Crippen LogP contribution in [-0.4, -0.2) is 26.8 Å². The highest BCUT2D eigenvalue weighted by Crippen LogP contribution is 2.62. The van der Waals surface area contributed by atoms with Gasteiger partial charge in [0.15, 0.2) is 6.61 Å². The molecule has 25 heavy (non-hydrogen) atoms. The minimum atomic E-state index is -0.667. The van der Waals surface area contributed by atoms with Gasteiger partial charge in [0.2, 0.25) is 5.82 Å². The summed E-state index contributed by atoms with van der Waals surface area (Å²) in [6.07, 6.45) is 5.05. The second-order valence-electron chi connectivity index (χ2n) is 8.03. The topological polar surface area (TPSA) is 85.5 Å². The smallest absolute Gasteiger partial charge is 0.312 e. The van der Waals surface area contributed by atoms with Gasteiger partial charge in [0.25, 0.3) is 5.89 Å². The molecule has 2 aromatic heterocycles. The monoisotopic (exact) mass is 360 g/mol. The van der Waals surface area contributed by atoms with Crippen molar-refractivity contribution in [1.82, 2.24) is 10.1 Å². The number of hydrogen-bond donors (Lipinski definition) is 1. The molecule has 0 spiro atoms. The van der Waals surface area contributed by atoms with Gasteiger partial charge in [-0.15, -0.1) is 11.3 Å². The summed E-state index contributed by atoms with van der Waals surface area (Å²) in [5.74, 6) is 1.52. The predicted octanol–water partition coefficient (Wildman–Crippen LogP) is 3.17. The quantitative estimate of drug-likeness (QED) is 0.843. The van der Waals surface area contributed by atoms with E-state index in [0.29, 0.717) is 30.0 Å². The molecule has 4 fully saturated rings. The van der Waals surface area contributed by atoms with Crippen molar-refractivity contribution in [2.45, 2.75) is 50.7 Å². The minimum Gasteiger partial charge on any atom is -0.455 e. The zero-order valence-electron chi connectivity index (χ0n) is 13.8. The van der Waals surface area contributed by atoms with Gasteiger partial charge in [0.05, 0.1) is 15.9 Å². The summed E-state index contributed by atoms with van der Waals surface area (Å²) in [6, 6.07) is 3.84. The summed E-state index contributed by atoms with van der Waals surface area (Å²) in [5.41, 5.74) is -1.19. The number of ether oxygens (including phenoxy) is 1. The van der Waals surface area contributed by atoms with Crippen molar-refractivity contribution in [3.63, 3.8) is 0 Å². The summed E-state index contributed by atoms with van der Waals surface area (Å²) >= 11 is 1.53. The number of carbonyl (C=O) groups is 1. The van der Waals surface area contributed by atoms with E-state index < -0.39 is 11.0 Å². The van der Waals surface area contributed by atoms with Crippen molar-refractivity contribution in [3.8, 4) is 10.7 Å². The van der Waals surface area contributed by atoms with E-state index >= 15 is 0 Å². The van der Waals surface area contributed by atoms with Crippen LogP contribution in [0.4, 0.5) is 0 Å². The second-order valence-corrected chi connectivity index (χ2v) is 8.98. The van der Waals surface area contributed by atoms with E-state index in [2.05, 4.69) is 10.1 Å². The lowest BCUT2D eigenvalue weighted by Crippen LogP contribution is -2.58. The molecule has 7 heteroatoms. The number of aromatic nitrogens is 2. The minimum absolute atomic E-state index is 0.00722. The molecule has 4 saturated carbocycles. The van der Waals surface area contributed by atoms with Crippen LogP contribution in [0.2, 0.25) is 0 Å². The lowest BCUT2D eigenvalue weighted by Gasteiger charge is -2.58. The Labute approximate surface area is 149 Å². The highest BCUT2D eigenvalue weighted by molar-refractivity contribution is 7.13. The van der Waals surface area contributed by atoms with E-state index in [-0.39, 0.29) is 12.6 Å². The molecule has 0 radical (unpaired) electrons. The van der Waals surface area contributed by atoms with E-state index in [1.807, 2.05) is 17.5 Å². The van der Waals surface area contributed by atoms with Crippen LogP contribution in [0.3, 0.4) is 0 Å². The average molecular weight is 360 g/mol. The Morgan fingerprint density at radius 1 is 1.36 bits per heavy atom. The molecule has 2 heterocycles. The first-order chi connectivity index (χ1) is 12.0. The van der Waals surface area contributed by atoms with Crippen molar-refractivity contribution >= 4 is 17.3 Å². The summed E-state index contributed by atoms with van der Waals surface area (Å²) < 4.78 is 10.7. The van der Waals surface area contributed by atoms with Gasteiger partial charge in [0.1, 0.15) is 0 Å². The fourth-order valence-corrected chi connectivity index (χ4v) is 6.20. The summed E-state index contributed by atoms with van der Waals surface area (Å²) in [6.45, 7) is -0.00722. The average Bonchev–Trinajstić information content (AvgIpc) is 3.21. The van der Waals surface area contributed by atoms with E-state index in [9.17, 15) is 9.90 Å². The first-order valence-electron chi connectivity index (χ1n) is 8.80. The Bertz CT molecular complexity index is 786. The summed E-state index contributed by atoms with van der Waals surface area (Å²) in [7, 11) is 0. The fourth-order valence-electron chi connectivity index (χ4n) is 5.55. The zero-order valence-corrected chi connectivity index (χ0v) is 14.6. The van der Waals surface area contributed by atoms with Crippen LogP contribution in [0.5, 0.6) is 0 Å². The first kappa shape index (κ1) is 15.5. The zero-order chi connectivity index (χ0) is 17.1. The van der Waals surface area contributed by atoms with Gasteiger partial charge in [0, 0.05) is 0 Å². The maximum Gasteiger partial charge on any atom is 0.312 e. The Hall–Kier alpha value is -1.73. The van der Waals surface area contributed by atoms with Crippen molar-refractivity contribution in [1.29, 1.82) is 0 Å². The van der Waals surface area contributed by atoms with Crippen molar-refractivity contribution in [2.75, 3.05) is 0 Å². The number of aliphatic hydroxyl groups is 1. The highest BCUT2D eigenvalue weighted by atomic mass is 32.1. The molecule has 0 saturated heterocycles. The van der Waals surface area contributed by atoms with Crippen molar-refractivity contribution in [3.05, 3.63) is 23.4 Å². The second kappa shape index (κ2) is 5.38. The molecule has 132 valence electrons. The van der Waals surface area contributed by atoms with Crippen LogP contribution < -0.4 is 0 Å². The Balaban J connectivity index is 1.28. The van der Waals surface area contributed by atoms with Crippen LogP contribution in [0.1, 0.15) is 44.4 Å². The summed E-state index contributed by atoms with van der Waals surface area (Å²) in [4.78, 5) is 18.0. The Kier molecular flexibility index (Phi) is 3.34. The number of nitrogens with zero attached hydrogens (tertiary/aromatic N) is 2. The van der Waals surface area contributed by atoms with Gasteiger partial charge < -0.3 is 14.4 Å². The van der Waals surface area contributed by atoms with Gasteiger partial charge in [-0.1, -0.05) is 11.2 Å². The molecule has 0 aromatic carbocycles. The van der Waals surface area contributed by atoms with Crippen LogP contribution in [0.25, 0.3) is 10.7 Å². The third-order valence-electron chi connectivity index (χ3n) is 6.00. The van der Waals surface area contributed by atoms with E-state index in [0.717, 1.165) is 37.0 Å². The van der Waals surface area contributed by atoms with Crippen LogP contribution in [0.15, 0.2) is 22.0 Å². The van der Waals surface area contributed by atoms with Crippen LogP contribution >= 0.6 is 11.3 Å². The number of esters is 1. The molecule has 4 aliphatic carbocycles. The van der Waals surface area contributed by atoms with Crippen molar-refractivity contribution < 1.29 is 19.2 Å². The molecule has 6 rings (SSSR count). The predicted molar refractivity (Wildman–Crippen MR) is 89.5 cm³/mol. The van der Waals surface area contributed by atoms with Crippen molar-refractivity contribution in [2.24, 2.45) is 17.3 Å². The number of rotatable bonds is 4. The molecular weight excluding hydrogens is 340 g/mol. The highest BCUT2D eigenvalue weighted by Gasteiger charge is 2.60. The molecule has 2 aromatic rings. The normalized spacial score (nSPS) is 35.9. The largest absolute Gasteiger partial charge is 0.455 e. The summed E-state index contributed by atoms with van der Waals surface area (Å²) in [5, 5.41) is 16.6. The number of hydrogen-bond acceptors (Lipinski definition) is 7. The maximum absolute atomic E-state index is 12.8.